The molecule has 0 heterocycles. The summed E-state index contributed by atoms with van der Waals surface area (Å²) in [4.78, 5) is 8.42. The largest absolute Gasteiger partial charge is 0.326 e. The Morgan fingerprint density at radius 1 is 1.46 bits per heavy atom. The average Bonchev–Trinajstić information content (AvgIpc) is 2.15. The highest BCUT2D eigenvalue weighted by molar-refractivity contribution is 7.32. The molecular weight excluding hydrogens is 189 g/mol. The Bertz CT molecular complexity index is 278. The van der Waals surface area contributed by atoms with Crippen molar-refractivity contribution in [1.82, 2.24) is 0 Å². The van der Waals surface area contributed by atoms with Gasteiger partial charge in [0.15, 0.2) is 0 Å². The molecule has 0 aliphatic heterocycles. The van der Waals surface area contributed by atoms with Gasteiger partial charge in [-0.3, -0.25) is 4.57 Å². The van der Waals surface area contributed by atoms with Crippen LogP contribution in [0.2, 0.25) is 0 Å². The smallest absolute Gasteiger partial charge is 0.316 e. The van der Waals surface area contributed by atoms with Gasteiger partial charge >= 0.3 is 8.25 Å². The maximum Gasteiger partial charge on any atom is 0.316 e. The summed E-state index contributed by atoms with van der Waals surface area (Å²) in [6.45, 7) is 0.0678. The predicted molar refractivity (Wildman–Crippen MR) is 50.5 cm³/mol. The van der Waals surface area contributed by atoms with Crippen molar-refractivity contribution in [3.63, 3.8) is 0 Å². The van der Waals surface area contributed by atoms with E-state index in [0.29, 0.717) is 0 Å². The first-order chi connectivity index (χ1) is 6.20. The van der Waals surface area contributed by atoms with E-state index in [4.69, 9.17) is 10.6 Å². The molecule has 0 saturated heterocycles. The number of nitrogens with two attached hydrogens (primary N) is 1. The molecule has 0 spiro atoms. The van der Waals surface area contributed by atoms with Crippen molar-refractivity contribution in [1.29, 1.82) is 0 Å². The number of hydrogen-bond acceptors (Lipinski definition) is 3. The molecule has 4 nitrogen and oxygen atoms in total. The van der Waals surface area contributed by atoms with E-state index in [9.17, 15) is 4.57 Å². The molecule has 0 aromatic heterocycles. The molecule has 3 N–H and O–H groups in total. The molecule has 0 saturated carbocycles. The van der Waals surface area contributed by atoms with E-state index in [-0.39, 0.29) is 12.6 Å². The molecular formula is C8H12NO3P. The van der Waals surface area contributed by atoms with Crippen LogP contribution in [0.1, 0.15) is 11.6 Å². The van der Waals surface area contributed by atoms with Gasteiger partial charge < -0.3 is 15.2 Å². The van der Waals surface area contributed by atoms with Crippen molar-refractivity contribution in [2.24, 2.45) is 5.73 Å². The topological polar surface area (TPSA) is 72.5 Å². The lowest BCUT2D eigenvalue weighted by Gasteiger charge is -2.10. The second-order valence-corrected chi connectivity index (χ2v) is 3.41. The van der Waals surface area contributed by atoms with Crippen molar-refractivity contribution in [3.05, 3.63) is 35.9 Å². The van der Waals surface area contributed by atoms with Gasteiger partial charge in [0.05, 0.1) is 12.6 Å². The van der Waals surface area contributed by atoms with Gasteiger partial charge in [0.1, 0.15) is 0 Å². The predicted octanol–water partition coefficient (Wildman–Crippen LogP) is 1.08. The second-order valence-electron chi connectivity index (χ2n) is 2.59. The van der Waals surface area contributed by atoms with Gasteiger partial charge in [0.2, 0.25) is 0 Å². The standard InChI is InChI=1S/C8H12NO3P/c9-8(6-12-13(10)11)7-4-2-1-3-5-7/h1-5,8,13H,6,9H2,(H,10,11). The first-order valence-corrected chi connectivity index (χ1v) is 5.13. The summed E-state index contributed by atoms with van der Waals surface area (Å²) >= 11 is 0. The Balaban J connectivity index is 2.49. The fraction of sp³-hybridized carbons (Fsp3) is 0.250. The summed E-state index contributed by atoms with van der Waals surface area (Å²) < 4.78 is 14.8. The van der Waals surface area contributed by atoms with Crippen LogP contribution in [0, 0.1) is 0 Å². The number of benzene rings is 1. The Morgan fingerprint density at radius 3 is 2.62 bits per heavy atom. The lowest BCUT2D eigenvalue weighted by Crippen LogP contribution is -2.15. The molecule has 5 heteroatoms. The SMILES string of the molecule is NC(CO[PH](=O)O)c1ccccc1. The van der Waals surface area contributed by atoms with Gasteiger partial charge in [-0.05, 0) is 5.56 Å². The zero-order valence-electron chi connectivity index (χ0n) is 7.01. The highest BCUT2D eigenvalue weighted by Gasteiger charge is 2.05. The van der Waals surface area contributed by atoms with Crippen LogP contribution in [0.5, 0.6) is 0 Å². The third kappa shape index (κ3) is 3.70. The number of hydrogen-bond donors (Lipinski definition) is 2. The molecule has 0 radical (unpaired) electrons. The monoisotopic (exact) mass is 201 g/mol. The zero-order chi connectivity index (χ0) is 9.68. The van der Waals surface area contributed by atoms with E-state index in [1.807, 2.05) is 30.3 Å². The fourth-order valence-electron chi connectivity index (χ4n) is 0.958. The second kappa shape index (κ2) is 5.14. The van der Waals surface area contributed by atoms with Crippen LogP contribution in [-0.2, 0) is 9.09 Å². The van der Waals surface area contributed by atoms with Crippen LogP contribution in [-0.4, -0.2) is 11.5 Å². The van der Waals surface area contributed by atoms with E-state index in [0.717, 1.165) is 5.56 Å². The van der Waals surface area contributed by atoms with E-state index in [2.05, 4.69) is 4.52 Å². The third-order valence-electron chi connectivity index (χ3n) is 1.61. The molecule has 1 rings (SSSR count). The van der Waals surface area contributed by atoms with Crippen molar-refractivity contribution in [2.75, 3.05) is 6.61 Å². The Kier molecular flexibility index (Phi) is 4.12. The van der Waals surface area contributed by atoms with E-state index < -0.39 is 8.25 Å². The van der Waals surface area contributed by atoms with Gasteiger partial charge in [0.25, 0.3) is 0 Å². The van der Waals surface area contributed by atoms with Gasteiger partial charge in [-0.2, -0.15) is 0 Å². The van der Waals surface area contributed by atoms with Gasteiger partial charge in [-0.1, -0.05) is 30.3 Å². The molecule has 0 aliphatic carbocycles. The van der Waals surface area contributed by atoms with E-state index in [1.54, 1.807) is 0 Å². The minimum atomic E-state index is -2.87. The van der Waals surface area contributed by atoms with Crippen LogP contribution in [0.15, 0.2) is 30.3 Å². The normalized spacial score (nSPS) is 15.2. The van der Waals surface area contributed by atoms with Crippen LogP contribution in [0.25, 0.3) is 0 Å². The zero-order valence-corrected chi connectivity index (χ0v) is 8.01. The summed E-state index contributed by atoms with van der Waals surface area (Å²) in [5, 5.41) is 0. The summed E-state index contributed by atoms with van der Waals surface area (Å²) in [6.07, 6.45) is 0. The molecule has 72 valence electrons. The molecule has 1 aromatic carbocycles. The first kappa shape index (κ1) is 10.4. The van der Waals surface area contributed by atoms with Gasteiger partial charge in [0, 0.05) is 0 Å². The summed E-state index contributed by atoms with van der Waals surface area (Å²) in [6, 6.07) is 8.95. The highest BCUT2D eigenvalue weighted by Crippen LogP contribution is 2.18. The van der Waals surface area contributed by atoms with E-state index in [1.165, 1.54) is 0 Å². The Hall–Kier alpha value is -0.670. The highest BCUT2D eigenvalue weighted by atomic mass is 31.1. The quantitative estimate of drug-likeness (QED) is 0.715. The van der Waals surface area contributed by atoms with Crippen molar-refractivity contribution < 1.29 is 14.0 Å². The summed E-state index contributed by atoms with van der Waals surface area (Å²) in [5.41, 5.74) is 6.58. The maximum atomic E-state index is 10.2. The third-order valence-corrected chi connectivity index (χ3v) is 2.03. The fourth-order valence-corrected chi connectivity index (χ4v) is 1.28. The van der Waals surface area contributed by atoms with Crippen molar-refractivity contribution in [3.8, 4) is 0 Å². The lowest BCUT2D eigenvalue weighted by atomic mass is 10.1. The van der Waals surface area contributed by atoms with Crippen LogP contribution in [0.4, 0.5) is 0 Å². The number of rotatable bonds is 4. The Labute approximate surface area is 77.3 Å². The van der Waals surface area contributed by atoms with E-state index >= 15 is 0 Å². The van der Waals surface area contributed by atoms with Gasteiger partial charge in [-0.25, -0.2) is 0 Å². The molecule has 13 heavy (non-hydrogen) atoms. The first-order valence-electron chi connectivity index (χ1n) is 3.86. The van der Waals surface area contributed by atoms with Gasteiger partial charge in [-0.15, -0.1) is 0 Å². The average molecular weight is 201 g/mol. The Morgan fingerprint density at radius 2 is 2.08 bits per heavy atom. The van der Waals surface area contributed by atoms with Crippen LogP contribution >= 0.6 is 8.25 Å². The molecule has 1 aromatic rings. The minimum Gasteiger partial charge on any atom is -0.326 e. The maximum absolute atomic E-state index is 10.2. The molecule has 2 unspecified atom stereocenters. The summed E-state index contributed by atoms with van der Waals surface area (Å²) in [5.74, 6) is 0. The molecule has 0 bridgehead atoms. The molecule has 0 fully saturated rings. The van der Waals surface area contributed by atoms with Crippen LogP contribution < -0.4 is 5.73 Å². The molecule has 0 aliphatic rings. The van der Waals surface area contributed by atoms with Crippen molar-refractivity contribution >= 4 is 8.25 Å². The van der Waals surface area contributed by atoms with Crippen LogP contribution in [0.3, 0.4) is 0 Å². The minimum absolute atomic E-state index is 0.0678. The van der Waals surface area contributed by atoms with Crippen molar-refractivity contribution in [2.45, 2.75) is 6.04 Å². The summed E-state index contributed by atoms with van der Waals surface area (Å²) in [7, 11) is -2.87. The molecule has 2 atom stereocenters. The molecule has 0 amide bonds. The lowest BCUT2D eigenvalue weighted by molar-refractivity contribution is 0.263.